The van der Waals surface area contributed by atoms with Crippen LogP contribution < -0.4 is 5.43 Å². The van der Waals surface area contributed by atoms with Crippen LogP contribution in [0.5, 0.6) is 5.75 Å². The summed E-state index contributed by atoms with van der Waals surface area (Å²) in [5, 5.41) is 9.94. The molecule has 0 bridgehead atoms. The Bertz CT molecular complexity index is 493. The van der Waals surface area contributed by atoms with Gasteiger partial charge in [0, 0.05) is 31.9 Å². The molecule has 18 heavy (non-hydrogen) atoms. The average Bonchev–Trinajstić information content (AvgIpc) is 2.32. The summed E-state index contributed by atoms with van der Waals surface area (Å²) in [5.74, 6) is 0.601. The van der Waals surface area contributed by atoms with Crippen LogP contribution in [0.15, 0.2) is 10.9 Å². The smallest absolute Gasteiger partial charge is 0.223 e. The zero-order chi connectivity index (χ0) is 13.3. The number of piperidine rings is 1. The van der Waals surface area contributed by atoms with Crippen molar-refractivity contribution in [2.45, 2.75) is 33.2 Å². The van der Waals surface area contributed by atoms with Gasteiger partial charge in [-0.2, -0.15) is 0 Å². The van der Waals surface area contributed by atoms with Crippen molar-refractivity contribution in [3.05, 3.63) is 27.7 Å². The highest BCUT2D eigenvalue weighted by atomic mass is 16.3. The van der Waals surface area contributed by atoms with Gasteiger partial charge in [0.15, 0.2) is 5.75 Å². The van der Waals surface area contributed by atoms with Crippen molar-refractivity contribution in [1.82, 2.24) is 9.47 Å². The maximum absolute atomic E-state index is 11.6. The van der Waals surface area contributed by atoms with Crippen molar-refractivity contribution in [1.29, 1.82) is 0 Å². The molecule has 1 N–H and O–H groups in total. The van der Waals surface area contributed by atoms with Crippen molar-refractivity contribution in [2.75, 3.05) is 13.1 Å². The van der Waals surface area contributed by atoms with Crippen LogP contribution >= 0.6 is 0 Å². The summed E-state index contributed by atoms with van der Waals surface area (Å²) >= 11 is 0. The van der Waals surface area contributed by atoms with Crippen molar-refractivity contribution in [3.63, 3.8) is 0 Å². The summed E-state index contributed by atoms with van der Waals surface area (Å²) in [7, 11) is 1.90. The minimum atomic E-state index is -0.273. The van der Waals surface area contributed by atoms with Gasteiger partial charge < -0.3 is 9.67 Å². The predicted molar refractivity (Wildman–Crippen MR) is 71.8 cm³/mol. The molecule has 1 aromatic rings. The number of nitrogens with zero attached hydrogens (tertiary/aromatic N) is 2. The van der Waals surface area contributed by atoms with Gasteiger partial charge >= 0.3 is 0 Å². The number of hydrogen-bond acceptors (Lipinski definition) is 3. The van der Waals surface area contributed by atoms with Gasteiger partial charge in [0.25, 0.3) is 0 Å². The molecule has 0 radical (unpaired) electrons. The first kappa shape index (κ1) is 13.1. The second-order valence-corrected chi connectivity index (χ2v) is 5.49. The van der Waals surface area contributed by atoms with E-state index in [0.717, 1.165) is 24.5 Å². The van der Waals surface area contributed by atoms with Gasteiger partial charge in [0.1, 0.15) is 0 Å². The van der Waals surface area contributed by atoms with Gasteiger partial charge in [-0.25, -0.2) is 0 Å². The third-order valence-corrected chi connectivity index (χ3v) is 3.90. The Morgan fingerprint density at radius 2 is 2.22 bits per heavy atom. The van der Waals surface area contributed by atoms with Crippen LogP contribution in [0.3, 0.4) is 0 Å². The molecule has 1 saturated heterocycles. The van der Waals surface area contributed by atoms with Crippen molar-refractivity contribution in [3.8, 4) is 5.75 Å². The normalized spacial score (nSPS) is 21.2. The second kappa shape index (κ2) is 5.14. The SMILES string of the molecule is Cc1cc(=O)c(O)c(CN2CCCC(C)C2)n1C. The zero-order valence-electron chi connectivity index (χ0n) is 11.4. The van der Waals surface area contributed by atoms with Gasteiger partial charge in [-0.1, -0.05) is 6.92 Å². The highest BCUT2D eigenvalue weighted by Gasteiger charge is 2.19. The minimum Gasteiger partial charge on any atom is -0.503 e. The Morgan fingerprint density at radius 3 is 2.89 bits per heavy atom. The lowest BCUT2D eigenvalue weighted by Gasteiger charge is -2.31. The molecule has 0 amide bonds. The van der Waals surface area contributed by atoms with E-state index in [2.05, 4.69) is 11.8 Å². The summed E-state index contributed by atoms with van der Waals surface area (Å²) < 4.78 is 1.91. The zero-order valence-corrected chi connectivity index (χ0v) is 11.4. The fourth-order valence-electron chi connectivity index (χ4n) is 2.69. The predicted octanol–water partition coefficient (Wildman–Crippen LogP) is 1.63. The van der Waals surface area contributed by atoms with Gasteiger partial charge in [0.2, 0.25) is 5.43 Å². The lowest BCUT2D eigenvalue weighted by Crippen LogP contribution is -2.35. The molecular weight excluding hydrogens is 228 g/mol. The highest BCUT2D eigenvalue weighted by Crippen LogP contribution is 2.20. The number of aryl methyl sites for hydroxylation is 1. The molecule has 1 unspecified atom stereocenters. The van der Waals surface area contributed by atoms with Crippen LogP contribution in [-0.2, 0) is 13.6 Å². The van der Waals surface area contributed by atoms with Crippen molar-refractivity contribution >= 4 is 0 Å². The van der Waals surface area contributed by atoms with Crippen LogP contribution in [0.1, 0.15) is 31.2 Å². The number of likely N-dealkylation sites (tertiary alicyclic amines) is 1. The Balaban J connectivity index is 2.26. The average molecular weight is 250 g/mol. The number of aromatic nitrogens is 1. The van der Waals surface area contributed by atoms with Gasteiger partial charge in [-0.3, -0.25) is 9.69 Å². The Kier molecular flexibility index (Phi) is 3.76. The summed E-state index contributed by atoms with van der Waals surface area (Å²) in [6.45, 7) is 6.89. The van der Waals surface area contributed by atoms with E-state index in [1.165, 1.54) is 18.9 Å². The molecule has 1 aliphatic rings. The lowest BCUT2D eigenvalue weighted by molar-refractivity contribution is 0.171. The molecule has 0 spiro atoms. The summed E-state index contributed by atoms with van der Waals surface area (Å²) in [6, 6.07) is 1.48. The monoisotopic (exact) mass is 250 g/mol. The van der Waals surface area contributed by atoms with E-state index in [4.69, 9.17) is 0 Å². The first-order valence-corrected chi connectivity index (χ1v) is 6.60. The van der Waals surface area contributed by atoms with E-state index < -0.39 is 0 Å². The molecule has 1 aliphatic heterocycles. The van der Waals surface area contributed by atoms with E-state index in [1.54, 1.807) is 0 Å². The van der Waals surface area contributed by atoms with Crippen LogP contribution in [0.4, 0.5) is 0 Å². The van der Waals surface area contributed by atoms with Crippen LogP contribution in [0.2, 0.25) is 0 Å². The number of aromatic hydroxyl groups is 1. The standard InChI is InChI=1S/C14H22N2O2/c1-10-5-4-6-16(8-10)9-12-14(18)13(17)7-11(2)15(12)3/h7,10,18H,4-6,8-9H2,1-3H3. The minimum absolute atomic E-state index is 0.0960. The number of rotatable bonds is 2. The van der Waals surface area contributed by atoms with Crippen LogP contribution in [-0.4, -0.2) is 27.7 Å². The fraction of sp³-hybridized carbons (Fsp3) is 0.643. The first-order valence-electron chi connectivity index (χ1n) is 6.60. The largest absolute Gasteiger partial charge is 0.503 e. The van der Waals surface area contributed by atoms with E-state index in [0.29, 0.717) is 12.5 Å². The van der Waals surface area contributed by atoms with E-state index >= 15 is 0 Å². The lowest BCUT2D eigenvalue weighted by atomic mass is 10.00. The molecule has 0 saturated carbocycles. The summed E-state index contributed by atoms with van der Waals surface area (Å²) in [5.41, 5.74) is 1.35. The Morgan fingerprint density at radius 1 is 1.50 bits per heavy atom. The third kappa shape index (κ3) is 2.58. The molecule has 1 fully saturated rings. The maximum atomic E-state index is 11.6. The maximum Gasteiger partial charge on any atom is 0.223 e. The summed E-state index contributed by atoms with van der Waals surface area (Å²) in [4.78, 5) is 14.0. The second-order valence-electron chi connectivity index (χ2n) is 5.49. The number of pyridine rings is 1. The molecule has 0 aliphatic carbocycles. The Labute approximate surface area is 108 Å². The Hall–Kier alpha value is -1.29. The molecule has 1 atom stereocenters. The van der Waals surface area contributed by atoms with Crippen LogP contribution in [0.25, 0.3) is 0 Å². The van der Waals surface area contributed by atoms with Crippen molar-refractivity contribution in [2.24, 2.45) is 13.0 Å². The molecular formula is C14H22N2O2. The van der Waals surface area contributed by atoms with Gasteiger partial charge in [-0.15, -0.1) is 0 Å². The molecule has 0 aromatic carbocycles. The van der Waals surface area contributed by atoms with Crippen LogP contribution in [0, 0.1) is 12.8 Å². The first-order chi connectivity index (χ1) is 8.49. The highest BCUT2D eigenvalue weighted by molar-refractivity contribution is 5.29. The summed E-state index contributed by atoms with van der Waals surface area (Å²) in [6.07, 6.45) is 2.47. The van der Waals surface area contributed by atoms with Crippen molar-refractivity contribution < 1.29 is 5.11 Å². The molecule has 1 aromatic heterocycles. The molecule has 4 heteroatoms. The fourth-order valence-corrected chi connectivity index (χ4v) is 2.69. The topological polar surface area (TPSA) is 45.5 Å². The molecule has 4 nitrogen and oxygen atoms in total. The van der Waals surface area contributed by atoms with Gasteiger partial charge in [-0.05, 0) is 32.2 Å². The van der Waals surface area contributed by atoms with E-state index in [-0.39, 0.29) is 11.2 Å². The molecule has 2 heterocycles. The quantitative estimate of drug-likeness (QED) is 0.867. The van der Waals surface area contributed by atoms with E-state index in [9.17, 15) is 9.90 Å². The molecule has 100 valence electrons. The van der Waals surface area contributed by atoms with Gasteiger partial charge in [0.05, 0.1) is 5.69 Å². The van der Waals surface area contributed by atoms with E-state index in [1.807, 2.05) is 18.5 Å². The molecule has 2 rings (SSSR count). The number of hydrogen-bond donors (Lipinski definition) is 1. The third-order valence-electron chi connectivity index (χ3n) is 3.90.